The summed E-state index contributed by atoms with van der Waals surface area (Å²) in [5.41, 5.74) is 0.0188. The first-order chi connectivity index (χ1) is 9.29. The van der Waals surface area contributed by atoms with Gasteiger partial charge >= 0.3 is 5.97 Å². The van der Waals surface area contributed by atoms with Crippen LogP contribution >= 0.6 is 0 Å². The van der Waals surface area contributed by atoms with Gasteiger partial charge in [-0.1, -0.05) is 18.2 Å². The van der Waals surface area contributed by atoms with Crippen molar-refractivity contribution >= 4 is 22.6 Å². The molecule has 2 aromatic rings. The van der Waals surface area contributed by atoms with E-state index in [1.807, 2.05) is 12.1 Å². The van der Waals surface area contributed by atoms with Crippen LogP contribution in [0.4, 0.5) is 5.69 Å². The lowest BCUT2D eigenvalue weighted by atomic mass is 10.1. The van der Waals surface area contributed by atoms with Crippen molar-refractivity contribution < 1.29 is 15.0 Å². The molecule has 0 radical (unpaired) electrons. The number of fused-ring (bicyclic) bond motifs is 1. The molecule has 0 aliphatic rings. The van der Waals surface area contributed by atoms with Crippen LogP contribution in [0, 0.1) is 0 Å². The van der Waals surface area contributed by atoms with Crippen LogP contribution < -0.4 is 4.90 Å². The summed E-state index contributed by atoms with van der Waals surface area (Å²) in [7, 11) is 1.73. The maximum atomic E-state index is 11.3. The lowest BCUT2D eigenvalue weighted by Gasteiger charge is -2.28. The summed E-state index contributed by atoms with van der Waals surface area (Å²) in [6.07, 6.45) is 0. The Labute approximate surface area is 116 Å². The average molecular weight is 275 g/mol. The van der Waals surface area contributed by atoms with Gasteiger partial charge in [0.25, 0.3) is 0 Å². The van der Waals surface area contributed by atoms with Crippen LogP contribution in [0.1, 0.15) is 24.3 Å². The highest BCUT2D eigenvalue weighted by Crippen LogP contribution is 2.28. The van der Waals surface area contributed by atoms with Crippen LogP contribution in [0.3, 0.4) is 0 Å². The Morgan fingerprint density at radius 3 is 2.55 bits per heavy atom. The van der Waals surface area contributed by atoms with Gasteiger partial charge in [0, 0.05) is 19.0 Å². The number of aliphatic hydroxyl groups is 1. The molecule has 20 heavy (non-hydrogen) atoms. The van der Waals surface area contributed by atoms with Crippen molar-refractivity contribution in [1.29, 1.82) is 0 Å². The Balaban J connectivity index is 2.63. The molecule has 0 spiro atoms. The fourth-order valence-corrected chi connectivity index (χ4v) is 2.23. The third kappa shape index (κ3) is 2.85. The largest absolute Gasteiger partial charge is 0.476 e. The number of carboxylic acids is 1. The van der Waals surface area contributed by atoms with E-state index >= 15 is 0 Å². The highest BCUT2D eigenvalue weighted by atomic mass is 16.4. The van der Waals surface area contributed by atoms with Gasteiger partial charge in [-0.2, -0.15) is 0 Å². The molecule has 106 valence electrons. The van der Waals surface area contributed by atoms with Crippen molar-refractivity contribution in [3.05, 3.63) is 30.0 Å². The Morgan fingerprint density at radius 1 is 1.30 bits per heavy atom. The van der Waals surface area contributed by atoms with Crippen LogP contribution in [-0.4, -0.2) is 45.6 Å². The van der Waals surface area contributed by atoms with E-state index in [4.69, 9.17) is 0 Å². The Hall–Kier alpha value is -2.21. The molecule has 0 aliphatic heterocycles. The number of hydrogen-bond donors (Lipinski definition) is 2. The van der Waals surface area contributed by atoms with Crippen molar-refractivity contribution in [3.8, 4) is 0 Å². The van der Waals surface area contributed by atoms with Gasteiger partial charge in [0.2, 0.25) is 0 Å². The number of likely N-dealkylation sites (N-methyl/N-ethyl adjacent to an activating group) is 1. The molecule has 0 atom stereocenters. The van der Waals surface area contributed by atoms with E-state index in [9.17, 15) is 15.0 Å². The van der Waals surface area contributed by atoms with Crippen LogP contribution in [0.25, 0.3) is 10.9 Å². The minimum absolute atomic E-state index is 0.115. The van der Waals surface area contributed by atoms with E-state index < -0.39 is 11.6 Å². The number of benzene rings is 1. The fourth-order valence-electron chi connectivity index (χ4n) is 2.23. The van der Waals surface area contributed by atoms with Gasteiger partial charge < -0.3 is 15.1 Å². The van der Waals surface area contributed by atoms with Gasteiger partial charge in [0.15, 0.2) is 5.69 Å². The summed E-state index contributed by atoms with van der Waals surface area (Å²) in [5, 5.41) is 27.6. The number of carbonyl (C=O) groups is 1. The molecule has 6 nitrogen and oxygen atoms in total. The SMILES string of the molecule is CN(CC(C)(C)O)c1c(C(=O)O)nnc2ccccc12. The molecule has 6 heteroatoms. The molecule has 0 unspecified atom stereocenters. The minimum Gasteiger partial charge on any atom is -0.476 e. The monoisotopic (exact) mass is 275 g/mol. The van der Waals surface area contributed by atoms with Gasteiger partial charge in [-0.15, -0.1) is 10.2 Å². The number of nitrogens with zero attached hydrogens (tertiary/aromatic N) is 3. The zero-order valence-corrected chi connectivity index (χ0v) is 11.7. The molecule has 0 amide bonds. The number of anilines is 1. The fraction of sp³-hybridized carbons (Fsp3) is 0.357. The predicted molar refractivity (Wildman–Crippen MR) is 76.1 cm³/mol. The van der Waals surface area contributed by atoms with Crippen molar-refractivity contribution in [1.82, 2.24) is 10.2 Å². The van der Waals surface area contributed by atoms with Crippen molar-refractivity contribution in [2.45, 2.75) is 19.4 Å². The normalized spacial score (nSPS) is 11.6. The zero-order chi connectivity index (χ0) is 14.9. The highest BCUT2D eigenvalue weighted by molar-refractivity contribution is 6.02. The lowest BCUT2D eigenvalue weighted by Crippen LogP contribution is -2.37. The molecule has 1 heterocycles. The maximum Gasteiger partial charge on any atom is 0.358 e. The van der Waals surface area contributed by atoms with E-state index in [-0.39, 0.29) is 12.2 Å². The molecule has 2 rings (SSSR count). The van der Waals surface area contributed by atoms with Gasteiger partial charge in [-0.05, 0) is 19.9 Å². The van der Waals surface area contributed by atoms with Gasteiger partial charge in [0.05, 0.1) is 16.8 Å². The van der Waals surface area contributed by atoms with E-state index in [0.717, 1.165) is 0 Å². The molecule has 2 N–H and O–H groups in total. The van der Waals surface area contributed by atoms with E-state index in [1.54, 1.807) is 37.9 Å². The Bertz CT molecular complexity index is 650. The van der Waals surface area contributed by atoms with E-state index in [1.165, 1.54) is 0 Å². The zero-order valence-electron chi connectivity index (χ0n) is 11.7. The second-order valence-corrected chi connectivity index (χ2v) is 5.39. The molecule has 0 fully saturated rings. The first-order valence-electron chi connectivity index (χ1n) is 6.22. The first-order valence-corrected chi connectivity index (χ1v) is 6.22. The van der Waals surface area contributed by atoms with Crippen molar-refractivity contribution in [3.63, 3.8) is 0 Å². The predicted octanol–water partition coefficient (Wildman–Crippen LogP) is 1.54. The summed E-state index contributed by atoms with van der Waals surface area (Å²) in [6.45, 7) is 3.62. The topological polar surface area (TPSA) is 86.5 Å². The molecule has 1 aromatic heterocycles. The number of aromatic carboxylic acids is 1. The quantitative estimate of drug-likeness (QED) is 0.880. The second kappa shape index (κ2) is 5.05. The molecule has 1 aromatic carbocycles. The molecule has 0 aliphatic carbocycles. The van der Waals surface area contributed by atoms with Crippen LogP contribution in [0.2, 0.25) is 0 Å². The Kier molecular flexibility index (Phi) is 3.59. The second-order valence-electron chi connectivity index (χ2n) is 5.39. The molecular formula is C14H17N3O3. The van der Waals surface area contributed by atoms with E-state index in [0.29, 0.717) is 16.6 Å². The summed E-state index contributed by atoms with van der Waals surface area (Å²) in [4.78, 5) is 13.0. The average Bonchev–Trinajstić information content (AvgIpc) is 2.35. The van der Waals surface area contributed by atoms with E-state index in [2.05, 4.69) is 10.2 Å². The van der Waals surface area contributed by atoms with Gasteiger partial charge in [-0.3, -0.25) is 0 Å². The Morgan fingerprint density at radius 2 is 1.95 bits per heavy atom. The molecule has 0 bridgehead atoms. The summed E-state index contributed by atoms with van der Waals surface area (Å²) >= 11 is 0. The van der Waals surface area contributed by atoms with Crippen LogP contribution in [0.5, 0.6) is 0 Å². The molecule has 0 saturated heterocycles. The lowest BCUT2D eigenvalue weighted by molar-refractivity contribution is 0.0687. The summed E-state index contributed by atoms with van der Waals surface area (Å²) in [6, 6.07) is 7.20. The summed E-state index contributed by atoms with van der Waals surface area (Å²) in [5.74, 6) is -1.14. The third-order valence-electron chi connectivity index (χ3n) is 2.85. The van der Waals surface area contributed by atoms with Crippen molar-refractivity contribution in [2.75, 3.05) is 18.5 Å². The first kappa shape index (κ1) is 14.2. The number of rotatable bonds is 4. The standard InChI is InChI=1S/C14H17N3O3/c1-14(2,20)8-17(3)12-9-6-4-5-7-10(9)15-16-11(12)13(18)19/h4-7,20H,8H2,1-3H3,(H,18,19). The maximum absolute atomic E-state index is 11.3. The minimum atomic E-state index is -1.14. The van der Waals surface area contributed by atoms with Crippen molar-refractivity contribution in [2.24, 2.45) is 0 Å². The number of hydrogen-bond acceptors (Lipinski definition) is 5. The molecule has 0 saturated carbocycles. The third-order valence-corrected chi connectivity index (χ3v) is 2.85. The summed E-state index contributed by atoms with van der Waals surface area (Å²) < 4.78 is 0. The number of aromatic nitrogens is 2. The van der Waals surface area contributed by atoms with Gasteiger partial charge in [0.1, 0.15) is 0 Å². The highest BCUT2D eigenvalue weighted by Gasteiger charge is 2.23. The van der Waals surface area contributed by atoms with Crippen LogP contribution in [0.15, 0.2) is 24.3 Å². The van der Waals surface area contributed by atoms with Gasteiger partial charge in [-0.25, -0.2) is 4.79 Å². The number of carboxylic acid groups (broad SMARTS) is 1. The van der Waals surface area contributed by atoms with Crippen LogP contribution in [-0.2, 0) is 0 Å². The molecular weight excluding hydrogens is 258 g/mol. The smallest absolute Gasteiger partial charge is 0.358 e.